The van der Waals surface area contributed by atoms with Crippen molar-refractivity contribution in [3.05, 3.63) is 83.6 Å². The number of carbonyl (C=O) groups is 1. The summed E-state index contributed by atoms with van der Waals surface area (Å²) in [5.74, 6) is 1.27. The highest BCUT2D eigenvalue weighted by atomic mass is 16.5. The summed E-state index contributed by atoms with van der Waals surface area (Å²) < 4.78 is 11.3. The van der Waals surface area contributed by atoms with Crippen molar-refractivity contribution in [2.75, 3.05) is 6.61 Å². The number of rotatable bonds is 9. The molecule has 0 fully saturated rings. The Kier molecular flexibility index (Phi) is 6.31. The molecule has 0 aliphatic heterocycles. The fraction of sp³-hybridized carbons (Fsp3) is 0.190. The van der Waals surface area contributed by atoms with E-state index in [-0.39, 0.29) is 0 Å². The number of hydrogen-bond acceptors (Lipinski definition) is 5. The molecular formula is C21H20N2O3. The van der Waals surface area contributed by atoms with Crippen LogP contribution in [0.25, 0.3) is 0 Å². The summed E-state index contributed by atoms with van der Waals surface area (Å²) in [6.07, 6.45) is 2.42. The molecule has 3 rings (SSSR count). The van der Waals surface area contributed by atoms with Crippen molar-refractivity contribution in [1.82, 2.24) is 10.2 Å². The van der Waals surface area contributed by atoms with E-state index in [0.717, 1.165) is 36.1 Å². The fourth-order valence-corrected chi connectivity index (χ4v) is 2.38. The number of aromatic nitrogens is 2. The van der Waals surface area contributed by atoms with Crippen LogP contribution in [0.4, 0.5) is 0 Å². The minimum Gasteiger partial charge on any atom is -0.494 e. The zero-order chi connectivity index (χ0) is 18.0. The number of aryl methyl sites for hydroxylation is 1. The predicted molar refractivity (Wildman–Crippen MR) is 98.5 cm³/mol. The van der Waals surface area contributed by atoms with Crippen LogP contribution in [-0.2, 0) is 13.0 Å². The maximum atomic E-state index is 10.6. The highest BCUT2D eigenvalue weighted by molar-refractivity contribution is 5.74. The standard InChI is InChI=1S/C21H20N2O3/c24-15-17-8-11-20(12-9-17)25-14-4-7-19-10-13-21(23-22-19)26-16-18-5-2-1-3-6-18/h1-3,5-6,8-13,15H,4,7,14,16H2. The molecule has 0 saturated heterocycles. The lowest BCUT2D eigenvalue weighted by Gasteiger charge is -2.07. The maximum absolute atomic E-state index is 10.6. The van der Waals surface area contributed by atoms with Gasteiger partial charge >= 0.3 is 0 Å². The Morgan fingerprint density at radius 2 is 1.65 bits per heavy atom. The minimum absolute atomic E-state index is 0.478. The van der Waals surface area contributed by atoms with Crippen LogP contribution < -0.4 is 9.47 Å². The fourth-order valence-electron chi connectivity index (χ4n) is 2.38. The molecule has 0 unspecified atom stereocenters. The molecule has 1 aromatic heterocycles. The lowest BCUT2D eigenvalue weighted by Crippen LogP contribution is -2.03. The molecule has 0 radical (unpaired) electrons. The number of ether oxygens (including phenoxy) is 2. The molecule has 5 heteroatoms. The molecule has 0 bridgehead atoms. The highest BCUT2D eigenvalue weighted by Crippen LogP contribution is 2.12. The summed E-state index contributed by atoms with van der Waals surface area (Å²) >= 11 is 0. The van der Waals surface area contributed by atoms with Gasteiger partial charge < -0.3 is 9.47 Å². The van der Waals surface area contributed by atoms with Crippen LogP contribution in [-0.4, -0.2) is 23.1 Å². The molecule has 3 aromatic rings. The lowest BCUT2D eigenvalue weighted by atomic mass is 10.2. The molecule has 0 N–H and O–H groups in total. The molecule has 5 nitrogen and oxygen atoms in total. The summed E-state index contributed by atoms with van der Waals surface area (Å²) in [6.45, 7) is 1.06. The van der Waals surface area contributed by atoms with Crippen LogP contribution >= 0.6 is 0 Å². The zero-order valence-electron chi connectivity index (χ0n) is 14.4. The van der Waals surface area contributed by atoms with E-state index < -0.39 is 0 Å². The van der Waals surface area contributed by atoms with Gasteiger partial charge in [-0.2, -0.15) is 5.10 Å². The second-order valence-electron chi connectivity index (χ2n) is 5.78. The van der Waals surface area contributed by atoms with Crippen molar-refractivity contribution in [1.29, 1.82) is 0 Å². The molecule has 26 heavy (non-hydrogen) atoms. The Bertz CT molecular complexity index is 803. The lowest BCUT2D eigenvalue weighted by molar-refractivity contribution is 0.112. The molecule has 0 aliphatic rings. The summed E-state index contributed by atoms with van der Waals surface area (Å²) in [6, 6.07) is 20.8. The second kappa shape index (κ2) is 9.32. The van der Waals surface area contributed by atoms with Gasteiger partial charge in [-0.25, -0.2) is 0 Å². The van der Waals surface area contributed by atoms with Gasteiger partial charge in [0.25, 0.3) is 0 Å². The van der Waals surface area contributed by atoms with Crippen LogP contribution in [0.5, 0.6) is 11.6 Å². The van der Waals surface area contributed by atoms with Crippen molar-refractivity contribution in [2.24, 2.45) is 0 Å². The number of hydrogen-bond donors (Lipinski definition) is 0. The zero-order valence-corrected chi connectivity index (χ0v) is 14.4. The van der Waals surface area contributed by atoms with E-state index in [1.807, 2.05) is 42.5 Å². The van der Waals surface area contributed by atoms with Gasteiger partial charge in [-0.15, -0.1) is 5.10 Å². The molecule has 2 aromatic carbocycles. The monoisotopic (exact) mass is 348 g/mol. The quantitative estimate of drug-likeness (QED) is 0.434. The van der Waals surface area contributed by atoms with Crippen molar-refractivity contribution in [3.63, 3.8) is 0 Å². The van der Waals surface area contributed by atoms with Crippen LogP contribution in [0.2, 0.25) is 0 Å². The largest absolute Gasteiger partial charge is 0.494 e. The minimum atomic E-state index is 0.478. The van der Waals surface area contributed by atoms with Crippen LogP contribution in [0.3, 0.4) is 0 Å². The normalized spacial score (nSPS) is 10.3. The van der Waals surface area contributed by atoms with Gasteiger partial charge in [0.05, 0.1) is 12.3 Å². The number of benzene rings is 2. The molecule has 1 heterocycles. The van der Waals surface area contributed by atoms with E-state index >= 15 is 0 Å². The summed E-state index contributed by atoms with van der Waals surface area (Å²) in [5, 5.41) is 8.29. The smallest absolute Gasteiger partial charge is 0.233 e. The summed E-state index contributed by atoms with van der Waals surface area (Å²) in [5.41, 5.74) is 2.64. The third-order valence-electron chi connectivity index (χ3n) is 3.79. The van der Waals surface area contributed by atoms with Gasteiger partial charge in [-0.3, -0.25) is 4.79 Å². The van der Waals surface area contributed by atoms with Gasteiger partial charge in [-0.1, -0.05) is 30.3 Å². The molecule has 0 amide bonds. The molecule has 0 spiro atoms. The Balaban J connectivity index is 1.39. The number of nitrogens with zero attached hydrogens (tertiary/aromatic N) is 2. The van der Waals surface area contributed by atoms with E-state index in [9.17, 15) is 4.79 Å². The van der Waals surface area contributed by atoms with E-state index in [0.29, 0.717) is 24.7 Å². The average molecular weight is 348 g/mol. The summed E-state index contributed by atoms with van der Waals surface area (Å²) in [7, 11) is 0. The van der Waals surface area contributed by atoms with Gasteiger partial charge in [-0.05, 0) is 48.7 Å². The van der Waals surface area contributed by atoms with Crippen molar-refractivity contribution >= 4 is 6.29 Å². The Morgan fingerprint density at radius 3 is 2.35 bits per heavy atom. The molecule has 0 saturated carbocycles. The van der Waals surface area contributed by atoms with Crippen LogP contribution in [0.1, 0.15) is 28.0 Å². The maximum Gasteiger partial charge on any atom is 0.233 e. The first-order chi connectivity index (χ1) is 12.8. The van der Waals surface area contributed by atoms with Crippen molar-refractivity contribution in [3.8, 4) is 11.6 Å². The topological polar surface area (TPSA) is 61.3 Å². The van der Waals surface area contributed by atoms with Crippen molar-refractivity contribution < 1.29 is 14.3 Å². The first kappa shape index (κ1) is 17.6. The van der Waals surface area contributed by atoms with E-state index in [1.165, 1.54) is 0 Å². The van der Waals surface area contributed by atoms with Crippen molar-refractivity contribution in [2.45, 2.75) is 19.4 Å². The first-order valence-electron chi connectivity index (χ1n) is 8.51. The van der Waals surface area contributed by atoms with Gasteiger partial charge in [0, 0.05) is 11.6 Å². The third-order valence-corrected chi connectivity index (χ3v) is 3.79. The van der Waals surface area contributed by atoms with E-state index in [2.05, 4.69) is 10.2 Å². The molecule has 0 atom stereocenters. The Morgan fingerprint density at radius 1 is 0.846 bits per heavy atom. The van der Waals surface area contributed by atoms with Crippen LogP contribution in [0.15, 0.2) is 66.7 Å². The molecular weight excluding hydrogens is 328 g/mol. The van der Waals surface area contributed by atoms with Gasteiger partial charge in [0.2, 0.25) is 5.88 Å². The predicted octanol–water partition coefficient (Wildman–Crippen LogP) is 3.88. The van der Waals surface area contributed by atoms with E-state index in [1.54, 1.807) is 24.3 Å². The number of carbonyl (C=O) groups excluding carboxylic acids is 1. The SMILES string of the molecule is O=Cc1ccc(OCCCc2ccc(OCc3ccccc3)nn2)cc1. The average Bonchev–Trinajstić information content (AvgIpc) is 2.72. The third kappa shape index (κ3) is 5.41. The highest BCUT2D eigenvalue weighted by Gasteiger charge is 2.01. The van der Waals surface area contributed by atoms with E-state index in [4.69, 9.17) is 9.47 Å². The Hall–Kier alpha value is -3.21. The van der Waals surface area contributed by atoms with Crippen LogP contribution in [0, 0.1) is 0 Å². The first-order valence-corrected chi connectivity index (χ1v) is 8.51. The van der Waals surface area contributed by atoms with Gasteiger partial charge in [0.15, 0.2) is 0 Å². The second-order valence-corrected chi connectivity index (χ2v) is 5.78. The molecule has 0 aliphatic carbocycles. The Labute approximate surface area is 152 Å². The molecule has 132 valence electrons. The van der Waals surface area contributed by atoms with Gasteiger partial charge in [0.1, 0.15) is 18.6 Å². The summed E-state index contributed by atoms with van der Waals surface area (Å²) in [4.78, 5) is 10.6. The number of aldehydes is 1.